The fourth-order valence-corrected chi connectivity index (χ4v) is 3.36. The van der Waals surface area contributed by atoms with Gasteiger partial charge in [-0.1, -0.05) is 12.1 Å². The van der Waals surface area contributed by atoms with Crippen LogP contribution in [0.3, 0.4) is 0 Å². The second kappa shape index (κ2) is 7.78. The Morgan fingerprint density at radius 3 is 2.69 bits per heavy atom. The van der Waals surface area contributed by atoms with Gasteiger partial charge in [-0.25, -0.2) is 9.97 Å². The lowest BCUT2D eigenvalue weighted by Crippen LogP contribution is -2.36. The first-order chi connectivity index (χ1) is 12.4. The monoisotopic (exact) mass is 355 g/mol. The lowest BCUT2D eigenvalue weighted by Gasteiger charge is -2.32. The summed E-state index contributed by atoms with van der Waals surface area (Å²) in [4.78, 5) is 24.3. The molecular weight excluding hydrogens is 330 g/mol. The molecule has 1 saturated heterocycles. The fourth-order valence-electron chi connectivity index (χ4n) is 3.36. The Morgan fingerprint density at radius 1 is 1.27 bits per heavy atom. The average molecular weight is 355 g/mol. The molecule has 7 nitrogen and oxygen atoms in total. The van der Waals surface area contributed by atoms with Crippen molar-refractivity contribution in [3.63, 3.8) is 0 Å². The molecule has 3 rings (SSSR count). The second-order valence-corrected chi connectivity index (χ2v) is 7.13. The molecule has 0 aliphatic carbocycles. The third-order valence-electron chi connectivity index (χ3n) is 4.92. The average Bonchev–Trinajstić information content (AvgIpc) is 2.63. The first-order valence-corrected chi connectivity index (χ1v) is 8.92. The van der Waals surface area contributed by atoms with E-state index in [4.69, 9.17) is 0 Å². The number of nitrogens with zero attached hydrogens (tertiary/aromatic N) is 5. The van der Waals surface area contributed by atoms with Gasteiger partial charge >= 0.3 is 0 Å². The van der Waals surface area contributed by atoms with Gasteiger partial charge in [0.05, 0.1) is 4.92 Å². The van der Waals surface area contributed by atoms with E-state index in [0.717, 1.165) is 31.1 Å². The van der Waals surface area contributed by atoms with Crippen LogP contribution in [-0.4, -0.2) is 53.5 Å². The second-order valence-electron chi connectivity index (χ2n) is 7.13. The quantitative estimate of drug-likeness (QED) is 0.606. The van der Waals surface area contributed by atoms with Crippen LogP contribution in [0.25, 0.3) is 11.4 Å². The Labute approximate surface area is 153 Å². The van der Waals surface area contributed by atoms with E-state index in [1.165, 1.54) is 25.0 Å². The highest BCUT2D eigenvalue weighted by molar-refractivity contribution is 5.61. The number of rotatable bonds is 5. The molecule has 0 amide bonds. The van der Waals surface area contributed by atoms with Crippen molar-refractivity contribution in [3.8, 4) is 11.4 Å². The molecule has 0 atom stereocenters. The highest BCUT2D eigenvalue weighted by atomic mass is 16.6. The Bertz CT molecular complexity index is 787. The number of benzene rings is 1. The molecule has 0 N–H and O–H groups in total. The standard InChI is InChI=1S/C19H25N5O2/c1-14-11-18(23(3)13-15-7-9-22(2)10-8-15)21-19(20-14)16-5-4-6-17(12-16)24(25)26/h4-6,11-12,15H,7-10,13H2,1-3H3. The number of nitro groups is 1. The van der Waals surface area contributed by atoms with Gasteiger partial charge in [0.25, 0.3) is 5.69 Å². The maximum absolute atomic E-state index is 11.0. The van der Waals surface area contributed by atoms with Gasteiger partial charge in [-0.2, -0.15) is 0 Å². The third-order valence-corrected chi connectivity index (χ3v) is 4.92. The summed E-state index contributed by atoms with van der Waals surface area (Å²) < 4.78 is 0. The van der Waals surface area contributed by atoms with E-state index in [2.05, 4.69) is 33.9 Å². The van der Waals surface area contributed by atoms with Gasteiger partial charge < -0.3 is 9.80 Å². The maximum atomic E-state index is 11.0. The van der Waals surface area contributed by atoms with Crippen LogP contribution in [0.15, 0.2) is 30.3 Å². The summed E-state index contributed by atoms with van der Waals surface area (Å²) in [6.45, 7) is 5.16. The van der Waals surface area contributed by atoms with Crippen LogP contribution in [0.5, 0.6) is 0 Å². The normalized spacial score (nSPS) is 15.8. The lowest BCUT2D eigenvalue weighted by molar-refractivity contribution is -0.384. The molecule has 26 heavy (non-hydrogen) atoms. The van der Waals surface area contributed by atoms with E-state index in [-0.39, 0.29) is 5.69 Å². The maximum Gasteiger partial charge on any atom is 0.270 e. The molecule has 1 aromatic heterocycles. The number of hydrogen-bond donors (Lipinski definition) is 0. The van der Waals surface area contributed by atoms with E-state index in [1.807, 2.05) is 19.1 Å². The molecule has 0 bridgehead atoms. The summed E-state index contributed by atoms with van der Waals surface area (Å²) in [7, 11) is 4.22. The first-order valence-electron chi connectivity index (χ1n) is 8.92. The molecule has 2 heterocycles. The van der Waals surface area contributed by atoms with Crippen LogP contribution in [0.4, 0.5) is 11.5 Å². The number of nitro benzene ring substituents is 1. The number of hydrogen-bond acceptors (Lipinski definition) is 6. The Morgan fingerprint density at radius 2 is 2.00 bits per heavy atom. The molecule has 7 heteroatoms. The molecule has 1 aromatic carbocycles. The minimum absolute atomic E-state index is 0.0498. The van der Waals surface area contributed by atoms with E-state index in [0.29, 0.717) is 17.3 Å². The molecule has 1 aliphatic heterocycles. The van der Waals surface area contributed by atoms with E-state index < -0.39 is 4.92 Å². The van der Waals surface area contributed by atoms with Crippen LogP contribution in [0.2, 0.25) is 0 Å². The topological polar surface area (TPSA) is 75.4 Å². The van der Waals surface area contributed by atoms with Gasteiger partial charge in [0.15, 0.2) is 5.82 Å². The minimum atomic E-state index is -0.396. The van der Waals surface area contributed by atoms with Gasteiger partial charge in [0.2, 0.25) is 0 Å². The van der Waals surface area contributed by atoms with E-state index in [9.17, 15) is 10.1 Å². The summed E-state index contributed by atoms with van der Waals surface area (Å²) in [5.74, 6) is 2.05. The lowest BCUT2D eigenvalue weighted by atomic mass is 9.97. The molecule has 2 aromatic rings. The highest BCUT2D eigenvalue weighted by Crippen LogP contribution is 2.25. The van der Waals surface area contributed by atoms with Gasteiger partial charge in [-0.05, 0) is 45.8 Å². The van der Waals surface area contributed by atoms with Crippen LogP contribution >= 0.6 is 0 Å². The van der Waals surface area contributed by atoms with E-state index >= 15 is 0 Å². The smallest absolute Gasteiger partial charge is 0.270 e. The molecule has 1 aliphatic rings. The van der Waals surface area contributed by atoms with Crippen molar-refractivity contribution in [2.45, 2.75) is 19.8 Å². The molecule has 0 radical (unpaired) electrons. The molecule has 1 fully saturated rings. The molecule has 0 unspecified atom stereocenters. The van der Waals surface area contributed by atoms with Gasteiger partial charge in [0.1, 0.15) is 5.82 Å². The number of likely N-dealkylation sites (tertiary alicyclic amines) is 1. The SMILES string of the molecule is Cc1cc(N(C)CC2CCN(C)CC2)nc(-c2cccc([N+](=O)[O-])c2)n1. The molecular formula is C19H25N5O2. The zero-order valence-electron chi connectivity index (χ0n) is 15.6. The van der Waals surface area contributed by atoms with Crippen LogP contribution in [0, 0.1) is 23.0 Å². The number of piperidine rings is 1. The predicted molar refractivity (Wildman–Crippen MR) is 102 cm³/mol. The highest BCUT2D eigenvalue weighted by Gasteiger charge is 2.19. The van der Waals surface area contributed by atoms with Crippen LogP contribution < -0.4 is 4.90 Å². The van der Waals surface area contributed by atoms with Crippen molar-refractivity contribution >= 4 is 11.5 Å². The molecule has 138 valence electrons. The summed E-state index contributed by atoms with van der Waals surface area (Å²) >= 11 is 0. The zero-order valence-corrected chi connectivity index (χ0v) is 15.6. The summed E-state index contributed by atoms with van der Waals surface area (Å²) in [6, 6.07) is 8.45. The largest absolute Gasteiger partial charge is 0.359 e. The van der Waals surface area contributed by atoms with Gasteiger partial charge in [0, 0.05) is 43.0 Å². The zero-order chi connectivity index (χ0) is 18.7. The third kappa shape index (κ3) is 4.35. The molecule has 0 saturated carbocycles. The van der Waals surface area contributed by atoms with Crippen molar-refractivity contribution in [1.29, 1.82) is 0 Å². The van der Waals surface area contributed by atoms with Crippen molar-refractivity contribution in [3.05, 3.63) is 46.1 Å². The van der Waals surface area contributed by atoms with Crippen molar-refractivity contribution in [2.24, 2.45) is 5.92 Å². The Hall–Kier alpha value is -2.54. The minimum Gasteiger partial charge on any atom is -0.359 e. The summed E-state index contributed by atoms with van der Waals surface area (Å²) in [6.07, 6.45) is 2.39. The molecule has 0 spiro atoms. The van der Waals surface area contributed by atoms with E-state index in [1.54, 1.807) is 6.07 Å². The number of aromatic nitrogens is 2. The van der Waals surface area contributed by atoms with Crippen LogP contribution in [-0.2, 0) is 0 Å². The summed E-state index contributed by atoms with van der Waals surface area (Å²) in [5.41, 5.74) is 1.57. The van der Waals surface area contributed by atoms with Crippen molar-refractivity contribution < 1.29 is 4.92 Å². The summed E-state index contributed by atoms with van der Waals surface area (Å²) in [5, 5.41) is 11.0. The number of anilines is 1. The van der Waals surface area contributed by atoms with Crippen molar-refractivity contribution in [1.82, 2.24) is 14.9 Å². The first kappa shape index (κ1) is 18.3. The predicted octanol–water partition coefficient (Wildman–Crippen LogP) is 3.14. The Balaban J connectivity index is 1.81. The number of aryl methyl sites for hydroxylation is 1. The van der Waals surface area contributed by atoms with Gasteiger partial charge in [-0.15, -0.1) is 0 Å². The van der Waals surface area contributed by atoms with Crippen LogP contribution in [0.1, 0.15) is 18.5 Å². The Kier molecular flexibility index (Phi) is 5.46. The number of non-ortho nitro benzene ring substituents is 1. The van der Waals surface area contributed by atoms with Crippen molar-refractivity contribution in [2.75, 3.05) is 38.6 Å². The fraction of sp³-hybridized carbons (Fsp3) is 0.474. The van der Waals surface area contributed by atoms with Gasteiger partial charge in [-0.3, -0.25) is 10.1 Å².